The maximum Gasteiger partial charge on any atom is 0.271 e. The number of hydrogen-bond acceptors (Lipinski definition) is 2. The number of hydrogen-bond donors (Lipinski definition) is 1. The fraction of sp³-hybridized carbons (Fsp3) is 0.130. The zero-order valence-electron chi connectivity index (χ0n) is 15.3. The van der Waals surface area contributed by atoms with Crippen LogP contribution in [0.5, 0.6) is 0 Å². The third kappa shape index (κ3) is 4.06. The number of carbonyl (C=O) groups excluding carboxylic acids is 1. The molecule has 0 heterocycles. The Morgan fingerprint density at radius 2 is 1.42 bits per heavy atom. The average Bonchev–Trinajstić information content (AvgIpc) is 2.64. The Morgan fingerprint density at radius 3 is 2.04 bits per heavy atom. The maximum atomic E-state index is 12.3. The van der Waals surface area contributed by atoms with E-state index in [9.17, 15) is 4.79 Å². The first-order valence-corrected chi connectivity index (χ1v) is 8.61. The number of nitrogens with zero attached hydrogens (tertiary/aromatic N) is 1. The fourth-order valence-corrected chi connectivity index (χ4v) is 3.06. The third-order valence-electron chi connectivity index (χ3n) is 4.35. The molecule has 0 saturated heterocycles. The number of carbonyl (C=O) groups is 1. The molecule has 0 spiro atoms. The van der Waals surface area contributed by atoms with E-state index in [2.05, 4.69) is 29.6 Å². The van der Waals surface area contributed by atoms with Crippen molar-refractivity contribution in [3.05, 3.63) is 94.5 Å². The molecule has 0 fully saturated rings. The van der Waals surface area contributed by atoms with Crippen LogP contribution in [0.2, 0.25) is 0 Å². The van der Waals surface area contributed by atoms with E-state index in [0.717, 1.165) is 27.8 Å². The summed E-state index contributed by atoms with van der Waals surface area (Å²) in [6.07, 6.45) is 1.71. The molecule has 3 heteroatoms. The second kappa shape index (κ2) is 7.79. The van der Waals surface area contributed by atoms with E-state index in [1.807, 2.05) is 68.4 Å². The summed E-state index contributed by atoms with van der Waals surface area (Å²) in [4.78, 5) is 12.3. The van der Waals surface area contributed by atoms with Crippen molar-refractivity contribution in [2.24, 2.45) is 5.10 Å². The Balaban J connectivity index is 1.69. The summed E-state index contributed by atoms with van der Waals surface area (Å²) in [5.41, 5.74) is 9.95. The molecule has 0 radical (unpaired) electrons. The summed E-state index contributed by atoms with van der Waals surface area (Å²) in [7, 11) is 0. The van der Waals surface area contributed by atoms with Gasteiger partial charge in [-0.15, -0.1) is 0 Å². The van der Waals surface area contributed by atoms with Crippen molar-refractivity contribution in [2.75, 3.05) is 0 Å². The molecule has 1 N–H and O–H groups in total. The average molecular weight is 342 g/mol. The predicted molar refractivity (Wildman–Crippen MR) is 108 cm³/mol. The van der Waals surface area contributed by atoms with Gasteiger partial charge < -0.3 is 0 Å². The summed E-state index contributed by atoms with van der Waals surface area (Å²) in [5, 5.41) is 4.13. The van der Waals surface area contributed by atoms with Crippen LogP contribution in [0.4, 0.5) is 0 Å². The lowest BCUT2D eigenvalue weighted by Gasteiger charge is -2.07. The predicted octanol–water partition coefficient (Wildman–Crippen LogP) is 5.04. The molecule has 130 valence electrons. The molecule has 0 bridgehead atoms. The lowest BCUT2D eigenvalue weighted by Crippen LogP contribution is -2.17. The zero-order valence-corrected chi connectivity index (χ0v) is 15.3. The Morgan fingerprint density at radius 1 is 0.846 bits per heavy atom. The molecule has 3 aromatic carbocycles. The molecule has 26 heavy (non-hydrogen) atoms. The van der Waals surface area contributed by atoms with Gasteiger partial charge in [0, 0.05) is 11.1 Å². The van der Waals surface area contributed by atoms with Crippen molar-refractivity contribution >= 4 is 12.1 Å². The van der Waals surface area contributed by atoms with Gasteiger partial charge in [-0.2, -0.15) is 5.10 Å². The largest absolute Gasteiger partial charge is 0.271 e. The van der Waals surface area contributed by atoms with E-state index < -0.39 is 0 Å². The van der Waals surface area contributed by atoms with E-state index in [4.69, 9.17) is 0 Å². The highest BCUT2D eigenvalue weighted by Gasteiger charge is 2.05. The van der Waals surface area contributed by atoms with Gasteiger partial charge in [-0.3, -0.25) is 4.79 Å². The minimum Gasteiger partial charge on any atom is -0.267 e. The number of aryl methyl sites for hydroxylation is 3. The van der Waals surface area contributed by atoms with Crippen LogP contribution in [-0.2, 0) is 0 Å². The highest BCUT2D eigenvalue weighted by Crippen LogP contribution is 2.19. The molecule has 1 amide bonds. The summed E-state index contributed by atoms with van der Waals surface area (Å²) >= 11 is 0. The van der Waals surface area contributed by atoms with Crippen molar-refractivity contribution in [3.8, 4) is 11.1 Å². The summed E-state index contributed by atoms with van der Waals surface area (Å²) in [6.45, 7) is 6.17. The molecule has 3 aromatic rings. The van der Waals surface area contributed by atoms with Crippen LogP contribution in [0.1, 0.15) is 32.6 Å². The Labute approximate surface area is 154 Å². The first-order chi connectivity index (χ1) is 12.5. The van der Waals surface area contributed by atoms with Crippen LogP contribution in [0.25, 0.3) is 11.1 Å². The van der Waals surface area contributed by atoms with Gasteiger partial charge in [0.05, 0.1) is 6.21 Å². The van der Waals surface area contributed by atoms with Gasteiger partial charge >= 0.3 is 0 Å². The van der Waals surface area contributed by atoms with Gasteiger partial charge in [0.1, 0.15) is 0 Å². The van der Waals surface area contributed by atoms with Gasteiger partial charge in [-0.05, 0) is 55.2 Å². The van der Waals surface area contributed by atoms with Crippen LogP contribution in [0, 0.1) is 20.8 Å². The second-order valence-corrected chi connectivity index (χ2v) is 6.45. The first-order valence-electron chi connectivity index (χ1n) is 8.61. The third-order valence-corrected chi connectivity index (χ3v) is 4.35. The van der Waals surface area contributed by atoms with Crippen molar-refractivity contribution in [1.82, 2.24) is 5.43 Å². The fourth-order valence-electron chi connectivity index (χ4n) is 3.06. The molecular formula is C23H22N2O. The SMILES string of the molecule is Cc1cc(C)c(C=NNC(=O)c2ccc(-c3ccccc3)cc2)c(C)c1. The van der Waals surface area contributed by atoms with E-state index in [-0.39, 0.29) is 5.91 Å². The number of nitrogens with one attached hydrogen (secondary N) is 1. The number of amides is 1. The number of rotatable bonds is 4. The molecular weight excluding hydrogens is 320 g/mol. The van der Waals surface area contributed by atoms with Crippen LogP contribution < -0.4 is 5.43 Å². The molecule has 0 saturated carbocycles. The normalized spacial score (nSPS) is 10.9. The van der Waals surface area contributed by atoms with E-state index in [1.54, 1.807) is 6.21 Å². The smallest absolute Gasteiger partial charge is 0.267 e. The minimum atomic E-state index is -0.219. The first kappa shape index (κ1) is 17.6. The molecule has 0 unspecified atom stereocenters. The zero-order chi connectivity index (χ0) is 18.5. The van der Waals surface area contributed by atoms with Crippen molar-refractivity contribution < 1.29 is 4.79 Å². The van der Waals surface area contributed by atoms with Crippen LogP contribution in [0.15, 0.2) is 71.8 Å². The van der Waals surface area contributed by atoms with E-state index in [0.29, 0.717) is 5.56 Å². The maximum absolute atomic E-state index is 12.3. The Bertz CT molecular complexity index is 919. The highest BCUT2D eigenvalue weighted by atomic mass is 16.2. The monoisotopic (exact) mass is 342 g/mol. The topological polar surface area (TPSA) is 41.5 Å². The van der Waals surface area contributed by atoms with Crippen molar-refractivity contribution in [1.29, 1.82) is 0 Å². The van der Waals surface area contributed by atoms with Crippen LogP contribution in [0.3, 0.4) is 0 Å². The molecule has 0 atom stereocenters. The number of benzene rings is 3. The van der Waals surface area contributed by atoms with Gasteiger partial charge in [0.25, 0.3) is 5.91 Å². The minimum absolute atomic E-state index is 0.219. The van der Waals surface area contributed by atoms with Crippen molar-refractivity contribution in [2.45, 2.75) is 20.8 Å². The van der Waals surface area contributed by atoms with Gasteiger partial charge in [-0.1, -0.05) is 60.2 Å². The molecule has 0 aliphatic carbocycles. The Kier molecular flexibility index (Phi) is 5.28. The molecule has 0 aliphatic rings. The highest BCUT2D eigenvalue weighted by molar-refractivity contribution is 5.95. The second-order valence-electron chi connectivity index (χ2n) is 6.45. The van der Waals surface area contributed by atoms with Gasteiger partial charge in [0.2, 0.25) is 0 Å². The quantitative estimate of drug-likeness (QED) is 0.523. The summed E-state index contributed by atoms with van der Waals surface area (Å²) in [6, 6.07) is 21.8. The molecule has 3 rings (SSSR count). The van der Waals surface area contributed by atoms with Gasteiger partial charge in [0.15, 0.2) is 0 Å². The van der Waals surface area contributed by atoms with Crippen LogP contribution in [-0.4, -0.2) is 12.1 Å². The van der Waals surface area contributed by atoms with Crippen molar-refractivity contribution in [3.63, 3.8) is 0 Å². The lowest BCUT2D eigenvalue weighted by molar-refractivity contribution is 0.0955. The van der Waals surface area contributed by atoms with E-state index >= 15 is 0 Å². The summed E-state index contributed by atoms with van der Waals surface area (Å²) in [5.74, 6) is -0.219. The van der Waals surface area contributed by atoms with E-state index in [1.165, 1.54) is 5.56 Å². The lowest BCUT2D eigenvalue weighted by atomic mass is 10.0. The standard InChI is InChI=1S/C23H22N2O/c1-16-13-17(2)22(18(3)14-16)15-24-25-23(26)21-11-9-20(10-12-21)19-7-5-4-6-8-19/h4-15H,1-3H3,(H,25,26). The van der Waals surface area contributed by atoms with Crippen LogP contribution >= 0.6 is 0 Å². The van der Waals surface area contributed by atoms with Gasteiger partial charge in [-0.25, -0.2) is 5.43 Å². The number of hydrazone groups is 1. The Hall–Kier alpha value is -3.20. The molecule has 0 aromatic heterocycles. The molecule has 0 aliphatic heterocycles. The molecule has 3 nitrogen and oxygen atoms in total. The summed E-state index contributed by atoms with van der Waals surface area (Å²) < 4.78 is 0.